The van der Waals surface area contributed by atoms with E-state index in [4.69, 9.17) is 9.15 Å². The molecule has 0 saturated heterocycles. The zero-order chi connectivity index (χ0) is 22.8. The summed E-state index contributed by atoms with van der Waals surface area (Å²) in [4.78, 5) is 17.1. The second kappa shape index (κ2) is 8.58. The Bertz CT molecular complexity index is 1300. The monoisotopic (exact) mass is 439 g/mol. The lowest BCUT2D eigenvalue weighted by Crippen LogP contribution is -2.15. The average Bonchev–Trinajstić information content (AvgIpc) is 3.33. The molecule has 4 aromatic rings. The van der Waals surface area contributed by atoms with Crippen LogP contribution in [0.4, 0.5) is 14.5 Å². The Hall–Kier alpha value is -4.08. The van der Waals surface area contributed by atoms with Gasteiger partial charge in [-0.1, -0.05) is 17.3 Å². The van der Waals surface area contributed by atoms with Crippen LogP contribution in [0.15, 0.2) is 46.9 Å². The topological polar surface area (TPSA) is 95.1 Å². The molecule has 0 aliphatic carbocycles. The molecule has 32 heavy (non-hydrogen) atoms. The number of para-hydroxylation sites is 1. The van der Waals surface area contributed by atoms with E-state index < -0.39 is 17.5 Å². The van der Waals surface area contributed by atoms with Gasteiger partial charge in [0.25, 0.3) is 5.91 Å². The molecule has 0 unspecified atom stereocenters. The molecule has 2 heterocycles. The molecule has 8 nitrogen and oxygen atoms in total. The highest BCUT2D eigenvalue weighted by molar-refractivity contribution is 6.03. The summed E-state index contributed by atoms with van der Waals surface area (Å²) in [6.45, 7) is 3.68. The van der Waals surface area contributed by atoms with Crippen LogP contribution in [0.25, 0.3) is 11.5 Å². The number of ether oxygens (including phenoxy) is 1. The molecule has 0 atom stereocenters. The highest BCUT2D eigenvalue weighted by atomic mass is 19.2. The van der Waals surface area contributed by atoms with Gasteiger partial charge in [0, 0.05) is 11.8 Å². The zero-order valence-corrected chi connectivity index (χ0v) is 17.5. The molecule has 2 aromatic carbocycles. The van der Waals surface area contributed by atoms with Gasteiger partial charge in [-0.3, -0.25) is 4.79 Å². The van der Waals surface area contributed by atoms with Gasteiger partial charge in [0.2, 0.25) is 5.89 Å². The van der Waals surface area contributed by atoms with Crippen molar-refractivity contribution in [2.75, 3.05) is 12.4 Å². The Morgan fingerprint density at radius 3 is 2.69 bits per heavy atom. The number of benzene rings is 2. The lowest BCUT2D eigenvalue weighted by atomic mass is 10.2. The maximum absolute atomic E-state index is 13.4. The summed E-state index contributed by atoms with van der Waals surface area (Å²) in [5, 5.41) is 10.4. The number of carbonyl (C=O) groups excluding carboxylic acids is 1. The summed E-state index contributed by atoms with van der Waals surface area (Å²) in [7, 11) is 1.57. The Labute approximate surface area is 181 Å². The SMILES string of the molecule is COc1ccccc1-c1nc(Cn2nnc(C(=O)Nc3ccc(F)c(F)c3)c2C)c(C)o1. The van der Waals surface area contributed by atoms with Gasteiger partial charge in [0.05, 0.1) is 24.9 Å². The smallest absolute Gasteiger partial charge is 0.278 e. The maximum Gasteiger partial charge on any atom is 0.278 e. The quantitative estimate of drug-likeness (QED) is 0.485. The van der Waals surface area contributed by atoms with Crippen LogP contribution in [0, 0.1) is 25.5 Å². The number of nitrogens with zero attached hydrogens (tertiary/aromatic N) is 4. The van der Waals surface area contributed by atoms with Gasteiger partial charge < -0.3 is 14.5 Å². The van der Waals surface area contributed by atoms with Gasteiger partial charge >= 0.3 is 0 Å². The van der Waals surface area contributed by atoms with Crippen LogP contribution in [0.1, 0.15) is 27.6 Å². The van der Waals surface area contributed by atoms with Crippen molar-refractivity contribution in [1.29, 1.82) is 0 Å². The molecular formula is C22H19F2N5O3. The number of rotatable bonds is 6. The normalized spacial score (nSPS) is 10.9. The highest BCUT2D eigenvalue weighted by Gasteiger charge is 2.20. The Morgan fingerprint density at radius 2 is 1.94 bits per heavy atom. The van der Waals surface area contributed by atoms with Gasteiger partial charge in [-0.2, -0.15) is 0 Å². The fraction of sp³-hybridized carbons (Fsp3) is 0.182. The van der Waals surface area contributed by atoms with Gasteiger partial charge in [-0.05, 0) is 38.1 Å². The first kappa shape index (κ1) is 21.2. The molecule has 2 aromatic heterocycles. The number of aryl methyl sites for hydroxylation is 1. The van der Waals surface area contributed by atoms with E-state index in [1.54, 1.807) is 21.0 Å². The van der Waals surface area contributed by atoms with Crippen molar-refractivity contribution in [1.82, 2.24) is 20.0 Å². The van der Waals surface area contributed by atoms with Gasteiger partial charge in [0.1, 0.15) is 17.2 Å². The van der Waals surface area contributed by atoms with Crippen LogP contribution in [0.2, 0.25) is 0 Å². The van der Waals surface area contributed by atoms with Gasteiger partial charge in [0.15, 0.2) is 17.3 Å². The fourth-order valence-corrected chi connectivity index (χ4v) is 3.14. The molecule has 1 N–H and O–H groups in total. The number of hydrogen-bond donors (Lipinski definition) is 1. The molecule has 0 fully saturated rings. The van der Waals surface area contributed by atoms with E-state index in [1.807, 2.05) is 24.3 Å². The Balaban J connectivity index is 1.55. The second-order valence-electron chi connectivity index (χ2n) is 6.99. The second-order valence-corrected chi connectivity index (χ2v) is 6.99. The molecule has 4 rings (SSSR count). The number of amides is 1. The molecule has 10 heteroatoms. The van der Waals surface area contributed by atoms with Crippen molar-refractivity contribution >= 4 is 11.6 Å². The predicted molar refractivity (Wildman–Crippen MR) is 111 cm³/mol. The number of carbonyl (C=O) groups is 1. The van der Waals surface area contributed by atoms with Crippen molar-refractivity contribution in [2.45, 2.75) is 20.4 Å². The molecular weight excluding hydrogens is 420 g/mol. The first-order chi connectivity index (χ1) is 15.4. The fourth-order valence-electron chi connectivity index (χ4n) is 3.14. The van der Waals surface area contributed by atoms with Crippen LogP contribution in [0.5, 0.6) is 5.75 Å². The van der Waals surface area contributed by atoms with Crippen molar-refractivity contribution in [2.24, 2.45) is 0 Å². The van der Waals surface area contributed by atoms with E-state index in [0.717, 1.165) is 12.1 Å². The summed E-state index contributed by atoms with van der Waals surface area (Å²) in [6.07, 6.45) is 0. The van der Waals surface area contributed by atoms with E-state index in [9.17, 15) is 13.6 Å². The Morgan fingerprint density at radius 1 is 1.16 bits per heavy atom. The third-order valence-electron chi connectivity index (χ3n) is 4.90. The van der Waals surface area contributed by atoms with E-state index in [0.29, 0.717) is 34.4 Å². The number of oxazole rings is 1. The molecule has 0 spiro atoms. The zero-order valence-electron chi connectivity index (χ0n) is 17.5. The average molecular weight is 439 g/mol. The van der Waals surface area contributed by atoms with Crippen molar-refractivity contribution in [3.05, 3.63) is 76.9 Å². The van der Waals surface area contributed by atoms with Crippen molar-refractivity contribution < 1.29 is 22.7 Å². The molecule has 0 saturated carbocycles. The van der Waals surface area contributed by atoms with Crippen LogP contribution in [-0.4, -0.2) is 33.0 Å². The number of hydrogen-bond acceptors (Lipinski definition) is 6. The standard InChI is InChI=1S/C22H19F2N5O3/c1-12-20(21(30)25-14-8-9-16(23)17(24)10-14)27-28-29(12)11-18-13(2)32-22(26-18)15-6-4-5-7-19(15)31-3/h4-10H,11H2,1-3H3,(H,25,30). The van der Waals surface area contributed by atoms with E-state index in [1.165, 1.54) is 10.7 Å². The van der Waals surface area contributed by atoms with Crippen LogP contribution in [-0.2, 0) is 6.54 Å². The summed E-state index contributed by atoms with van der Waals surface area (Å²) in [5.74, 6) is -1.02. The maximum atomic E-state index is 13.4. The number of nitrogens with one attached hydrogen (secondary N) is 1. The van der Waals surface area contributed by atoms with Crippen LogP contribution >= 0.6 is 0 Å². The van der Waals surface area contributed by atoms with Crippen molar-refractivity contribution in [3.63, 3.8) is 0 Å². The largest absolute Gasteiger partial charge is 0.496 e. The lowest BCUT2D eigenvalue weighted by molar-refractivity contribution is 0.102. The van der Waals surface area contributed by atoms with E-state index in [2.05, 4.69) is 20.6 Å². The molecule has 0 aliphatic rings. The Kier molecular flexibility index (Phi) is 5.67. The number of aromatic nitrogens is 4. The molecule has 0 aliphatic heterocycles. The van der Waals surface area contributed by atoms with Crippen LogP contribution in [0.3, 0.4) is 0 Å². The first-order valence-electron chi connectivity index (χ1n) is 9.63. The minimum atomic E-state index is -1.06. The third-order valence-corrected chi connectivity index (χ3v) is 4.90. The predicted octanol–water partition coefficient (Wildman–Crippen LogP) is 4.14. The number of anilines is 1. The van der Waals surface area contributed by atoms with E-state index in [-0.39, 0.29) is 17.9 Å². The number of halogens is 2. The minimum absolute atomic E-state index is 0.0563. The number of methoxy groups -OCH3 is 1. The summed E-state index contributed by atoms with van der Waals surface area (Å²) >= 11 is 0. The minimum Gasteiger partial charge on any atom is -0.496 e. The third kappa shape index (κ3) is 4.07. The molecule has 0 radical (unpaired) electrons. The first-order valence-corrected chi connectivity index (χ1v) is 9.63. The highest BCUT2D eigenvalue weighted by Crippen LogP contribution is 2.30. The van der Waals surface area contributed by atoms with Gasteiger partial charge in [-0.25, -0.2) is 18.4 Å². The van der Waals surface area contributed by atoms with Crippen molar-refractivity contribution in [3.8, 4) is 17.2 Å². The summed E-state index contributed by atoms with van der Waals surface area (Å²) < 4.78 is 39.2. The summed E-state index contributed by atoms with van der Waals surface area (Å²) in [6, 6.07) is 10.4. The summed E-state index contributed by atoms with van der Waals surface area (Å²) in [5.41, 5.74) is 1.97. The van der Waals surface area contributed by atoms with E-state index >= 15 is 0 Å². The van der Waals surface area contributed by atoms with Gasteiger partial charge in [-0.15, -0.1) is 5.10 Å². The molecule has 1 amide bonds. The van der Waals surface area contributed by atoms with Crippen LogP contribution < -0.4 is 10.1 Å². The lowest BCUT2D eigenvalue weighted by Gasteiger charge is -2.05. The molecule has 164 valence electrons. The molecule has 0 bridgehead atoms.